The molecule has 0 fully saturated rings. The Kier molecular flexibility index (Phi) is 4.16. The zero-order valence-corrected chi connectivity index (χ0v) is 10.7. The molecule has 1 N–H and O–H groups in total. The molecule has 0 saturated heterocycles. The van der Waals surface area contributed by atoms with Crippen molar-refractivity contribution < 1.29 is 4.79 Å². The highest BCUT2D eigenvalue weighted by Gasteiger charge is 2.32. The van der Waals surface area contributed by atoms with Crippen LogP contribution in [0.4, 0.5) is 0 Å². The highest BCUT2D eigenvalue weighted by molar-refractivity contribution is 5.82. The SMILES string of the molecule is CCC(C)(NC(=O)C(C)(C)C)C(C)C. The molecule has 0 radical (unpaired) electrons. The van der Waals surface area contributed by atoms with Gasteiger partial charge >= 0.3 is 0 Å². The van der Waals surface area contributed by atoms with E-state index in [0.29, 0.717) is 5.92 Å². The third kappa shape index (κ3) is 3.32. The summed E-state index contributed by atoms with van der Waals surface area (Å²) in [4.78, 5) is 11.8. The van der Waals surface area contributed by atoms with Gasteiger partial charge < -0.3 is 5.32 Å². The van der Waals surface area contributed by atoms with Gasteiger partial charge in [0.25, 0.3) is 0 Å². The van der Waals surface area contributed by atoms with E-state index < -0.39 is 0 Å². The number of carbonyl (C=O) groups is 1. The molecule has 0 aliphatic carbocycles. The lowest BCUT2D eigenvalue weighted by Gasteiger charge is -2.36. The van der Waals surface area contributed by atoms with Crippen molar-refractivity contribution in [2.75, 3.05) is 0 Å². The summed E-state index contributed by atoms with van der Waals surface area (Å²) in [5.74, 6) is 0.592. The number of carbonyl (C=O) groups excluding carboxylic acids is 1. The smallest absolute Gasteiger partial charge is 0.225 e. The van der Waals surface area contributed by atoms with Crippen LogP contribution < -0.4 is 5.32 Å². The molecule has 2 heteroatoms. The molecule has 0 aromatic heterocycles. The number of hydrogen-bond donors (Lipinski definition) is 1. The molecular formula is C12H25NO. The van der Waals surface area contributed by atoms with Gasteiger partial charge in [-0.3, -0.25) is 4.79 Å². The van der Waals surface area contributed by atoms with Gasteiger partial charge in [0, 0.05) is 11.0 Å². The number of rotatable bonds is 3. The Bertz CT molecular complexity index is 203. The van der Waals surface area contributed by atoms with E-state index in [-0.39, 0.29) is 16.9 Å². The van der Waals surface area contributed by atoms with Crippen LogP contribution in [0.25, 0.3) is 0 Å². The van der Waals surface area contributed by atoms with Crippen LogP contribution in [0.3, 0.4) is 0 Å². The van der Waals surface area contributed by atoms with Crippen LogP contribution in [0.15, 0.2) is 0 Å². The molecule has 0 aromatic carbocycles. The van der Waals surface area contributed by atoms with Crippen LogP contribution in [0.5, 0.6) is 0 Å². The maximum absolute atomic E-state index is 11.8. The molecule has 0 rings (SSSR count). The van der Waals surface area contributed by atoms with E-state index in [2.05, 4.69) is 33.0 Å². The average Bonchev–Trinajstić information content (AvgIpc) is 2.02. The molecule has 0 aliphatic rings. The van der Waals surface area contributed by atoms with Gasteiger partial charge in [-0.05, 0) is 19.3 Å². The second-order valence-electron chi connectivity index (χ2n) is 5.63. The summed E-state index contributed by atoms with van der Waals surface area (Å²) in [5, 5.41) is 3.14. The molecule has 1 atom stereocenters. The largest absolute Gasteiger partial charge is 0.350 e. The van der Waals surface area contributed by atoms with Crippen molar-refractivity contribution in [3.63, 3.8) is 0 Å². The van der Waals surface area contributed by atoms with Gasteiger partial charge in [-0.15, -0.1) is 0 Å². The Balaban J connectivity index is 4.56. The number of amides is 1. The van der Waals surface area contributed by atoms with E-state index in [1.807, 2.05) is 20.8 Å². The Labute approximate surface area is 88.5 Å². The predicted molar refractivity (Wildman–Crippen MR) is 61.1 cm³/mol. The highest BCUT2D eigenvalue weighted by atomic mass is 16.2. The fourth-order valence-electron chi connectivity index (χ4n) is 1.09. The molecule has 1 amide bonds. The quantitative estimate of drug-likeness (QED) is 0.744. The lowest BCUT2D eigenvalue weighted by Crippen LogP contribution is -2.52. The molecule has 0 saturated carbocycles. The van der Waals surface area contributed by atoms with Crippen molar-refractivity contribution in [3.8, 4) is 0 Å². The molecule has 0 aromatic rings. The van der Waals surface area contributed by atoms with Gasteiger partial charge in [0.05, 0.1) is 0 Å². The van der Waals surface area contributed by atoms with Crippen molar-refractivity contribution in [2.45, 2.75) is 60.4 Å². The normalized spacial score (nSPS) is 16.6. The number of hydrogen-bond acceptors (Lipinski definition) is 1. The summed E-state index contributed by atoms with van der Waals surface area (Å²) in [6, 6.07) is 0. The van der Waals surface area contributed by atoms with E-state index in [4.69, 9.17) is 0 Å². The molecule has 0 aliphatic heterocycles. The summed E-state index contributed by atoms with van der Waals surface area (Å²) < 4.78 is 0. The van der Waals surface area contributed by atoms with Gasteiger partial charge in [0.15, 0.2) is 0 Å². The third-order valence-electron chi connectivity index (χ3n) is 3.09. The van der Waals surface area contributed by atoms with Crippen molar-refractivity contribution in [1.82, 2.24) is 5.32 Å². The van der Waals surface area contributed by atoms with E-state index >= 15 is 0 Å². The monoisotopic (exact) mass is 199 g/mol. The standard InChI is InChI=1S/C12H25NO/c1-8-12(7,9(2)3)13-10(14)11(4,5)6/h9H,8H2,1-7H3,(H,13,14). The first-order valence-corrected chi connectivity index (χ1v) is 5.46. The molecule has 1 unspecified atom stereocenters. The minimum Gasteiger partial charge on any atom is -0.350 e. The zero-order chi connectivity index (χ0) is 11.6. The van der Waals surface area contributed by atoms with Crippen LogP contribution in [0.1, 0.15) is 54.9 Å². The van der Waals surface area contributed by atoms with Crippen LogP contribution in [0, 0.1) is 11.3 Å². The highest BCUT2D eigenvalue weighted by Crippen LogP contribution is 2.23. The molecule has 14 heavy (non-hydrogen) atoms. The second-order valence-corrected chi connectivity index (χ2v) is 5.63. The predicted octanol–water partition coefficient (Wildman–Crippen LogP) is 2.97. The van der Waals surface area contributed by atoms with Gasteiger partial charge in [-0.1, -0.05) is 41.5 Å². The topological polar surface area (TPSA) is 29.1 Å². The maximum atomic E-state index is 11.8. The fourth-order valence-corrected chi connectivity index (χ4v) is 1.09. The molecule has 84 valence electrons. The summed E-state index contributed by atoms with van der Waals surface area (Å²) in [6.45, 7) is 14.3. The van der Waals surface area contributed by atoms with E-state index in [9.17, 15) is 4.79 Å². The van der Waals surface area contributed by atoms with E-state index in [0.717, 1.165) is 6.42 Å². The lowest BCUT2D eigenvalue weighted by molar-refractivity contribution is -0.131. The van der Waals surface area contributed by atoms with Gasteiger partial charge in [-0.25, -0.2) is 0 Å². The summed E-state index contributed by atoms with van der Waals surface area (Å²) in [7, 11) is 0. The molecular weight excluding hydrogens is 174 g/mol. The molecule has 2 nitrogen and oxygen atoms in total. The first-order valence-electron chi connectivity index (χ1n) is 5.46. The summed E-state index contributed by atoms with van der Waals surface area (Å²) in [6.07, 6.45) is 0.965. The first kappa shape index (κ1) is 13.5. The van der Waals surface area contributed by atoms with Crippen LogP contribution in [0.2, 0.25) is 0 Å². The Morgan fingerprint density at radius 3 is 1.86 bits per heavy atom. The Hall–Kier alpha value is -0.530. The average molecular weight is 199 g/mol. The Morgan fingerprint density at radius 2 is 1.64 bits per heavy atom. The van der Waals surface area contributed by atoms with Gasteiger partial charge in [0.1, 0.15) is 0 Å². The summed E-state index contributed by atoms with van der Waals surface area (Å²) in [5.41, 5.74) is -0.379. The van der Waals surface area contributed by atoms with E-state index in [1.165, 1.54) is 0 Å². The third-order valence-corrected chi connectivity index (χ3v) is 3.09. The molecule has 0 bridgehead atoms. The lowest BCUT2D eigenvalue weighted by atomic mass is 9.84. The maximum Gasteiger partial charge on any atom is 0.225 e. The minimum atomic E-state index is -0.300. The van der Waals surface area contributed by atoms with Crippen LogP contribution >= 0.6 is 0 Å². The van der Waals surface area contributed by atoms with Gasteiger partial charge in [0.2, 0.25) is 5.91 Å². The van der Waals surface area contributed by atoms with Crippen molar-refractivity contribution in [3.05, 3.63) is 0 Å². The van der Waals surface area contributed by atoms with Crippen molar-refractivity contribution >= 4 is 5.91 Å². The number of nitrogens with one attached hydrogen (secondary N) is 1. The first-order chi connectivity index (χ1) is 6.13. The Morgan fingerprint density at radius 1 is 1.21 bits per heavy atom. The zero-order valence-electron chi connectivity index (χ0n) is 10.7. The summed E-state index contributed by atoms with van der Waals surface area (Å²) >= 11 is 0. The van der Waals surface area contributed by atoms with E-state index in [1.54, 1.807) is 0 Å². The van der Waals surface area contributed by atoms with Crippen molar-refractivity contribution in [2.24, 2.45) is 11.3 Å². The van der Waals surface area contributed by atoms with Crippen LogP contribution in [-0.4, -0.2) is 11.4 Å². The van der Waals surface area contributed by atoms with Crippen molar-refractivity contribution in [1.29, 1.82) is 0 Å². The molecule has 0 spiro atoms. The second kappa shape index (κ2) is 4.33. The minimum absolute atomic E-state index is 0.0790. The van der Waals surface area contributed by atoms with Crippen LogP contribution in [-0.2, 0) is 4.79 Å². The fraction of sp³-hybridized carbons (Fsp3) is 0.917. The molecule has 0 heterocycles. The van der Waals surface area contributed by atoms with Gasteiger partial charge in [-0.2, -0.15) is 0 Å².